The van der Waals surface area contributed by atoms with Crippen molar-refractivity contribution >= 4 is 5.97 Å². The zero-order chi connectivity index (χ0) is 15.2. The highest BCUT2D eigenvalue weighted by molar-refractivity contribution is 5.92. The van der Waals surface area contributed by atoms with Gasteiger partial charge in [-0.15, -0.1) is 0 Å². The Hall–Kier alpha value is -2.56. The topological polar surface area (TPSA) is 68.7 Å². The van der Waals surface area contributed by atoms with E-state index < -0.39 is 5.97 Å². The van der Waals surface area contributed by atoms with Gasteiger partial charge >= 0.3 is 5.97 Å². The Balaban J connectivity index is 2.29. The number of rotatable bonds is 6. The fourth-order valence-electron chi connectivity index (χ4n) is 1.91. The molecule has 1 aromatic heterocycles. The Morgan fingerprint density at radius 1 is 1.24 bits per heavy atom. The lowest BCUT2D eigenvalue weighted by molar-refractivity contribution is 0.0690. The number of para-hydroxylation sites is 1. The number of benzene rings is 1. The molecular weight excluding hydrogens is 270 g/mol. The van der Waals surface area contributed by atoms with E-state index in [1.807, 2.05) is 26.0 Å². The highest BCUT2D eigenvalue weighted by Crippen LogP contribution is 2.32. The standard InChI is InChI=1S/C16H17NO4/c1-3-20-14-8-4-7-12(16(18)19)15(14)21-10-13-11(2)6-5-9-17-13/h4-9H,3,10H2,1-2H3,(H,18,19). The molecule has 0 aliphatic rings. The minimum Gasteiger partial charge on any atom is -0.490 e. The summed E-state index contributed by atoms with van der Waals surface area (Å²) in [6.07, 6.45) is 1.68. The van der Waals surface area contributed by atoms with Crippen LogP contribution in [0, 0.1) is 6.92 Å². The van der Waals surface area contributed by atoms with Gasteiger partial charge in [-0.3, -0.25) is 4.98 Å². The van der Waals surface area contributed by atoms with E-state index in [9.17, 15) is 9.90 Å². The van der Waals surface area contributed by atoms with Crippen LogP contribution in [0.5, 0.6) is 11.5 Å². The third-order valence-electron chi connectivity index (χ3n) is 2.98. The number of hydrogen-bond donors (Lipinski definition) is 1. The Morgan fingerprint density at radius 3 is 2.71 bits per heavy atom. The summed E-state index contributed by atoms with van der Waals surface area (Å²) in [5, 5.41) is 9.26. The molecule has 0 unspecified atom stereocenters. The summed E-state index contributed by atoms with van der Waals surface area (Å²) in [7, 11) is 0. The van der Waals surface area contributed by atoms with Crippen LogP contribution in [-0.2, 0) is 6.61 Å². The zero-order valence-electron chi connectivity index (χ0n) is 12.0. The molecule has 0 saturated carbocycles. The van der Waals surface area contributed by atoms with E-state index in [1.165, 1.54) is 6.07 Å². The van der Waals surface area contributed by atoms with Gasteiger partial charge in [0, 0.05) is 6.20 Å². The molecule has 0 bridgehead atoms. The Bertz CT molecular complexity index is 640. The summed E-state index contributed by atoms with van der Waals surface area (Å²) in [4.78, 5) is 15.5. The molecule has 2 rings (SSSR count). The number of hydrogen-bond acceptors (Lipinski definition) is 4. The summed E-state index contributed by atoms with van der Waals surface area (Å²) in [5.74, 6) is -0.396. The van der Waals surface area contributed by atoms with Gasteiger partial charge in [-0.2, -0.15) is 0 Å². The Labute approximate surface area is 123 Å². The second-order valence-corrected chi connectivity index (χ2v) is 4.43. The lowest BCUT2D eigenvalue weighted by Gasteiger charge is -2.14. The quantitative estimate of drug-likeness (QED) is 0.884. The van der Waals surface area contributed by atoms with Crippen molar-refractivity contribution in [1.29, 1.82) is 0 Å². The highest BCUT2D eigenvalue weighted by atomic mass is 16.5. The van der Waals surface area contributed by atoms with Crippen LogP contribution >= 0.6 is 0 Å². The van der Waals surface area contributed by atoms with Crippen LogP contribution in [0.4, 0.5) is 0 Å². The van der Waals surface area contributed by atoms with Crippen molar-refractivity contribution in [3.63, 3.8) is 0 Å². The third kappa shape index (κ3) is 3.51. The summed E-state index contributed by atoms with van der Waals surface area (Å²) in [5.41, 5.74) is 1.83. The smallest absolute Gasteiger partial charge is 0.339 e. The first-order valence-corrected chi connectivity index (χ1v) is 6.66. The zero-order valence-corrected chi connectivity index (χ0v) is 12.0. The van der Waals surface area contributed by atoms with Crippen LogP contribution in [0.2, 0.25) is 0 Å². The molecule has 0 aliphatic heterocycles. The number of aromatic nitrogens is 1. The molecule has 1 heterocycles. The fourth-order valence-corrected chi connectivity index (χ4v) is 1.91. The van der Waals surface area contributed by atoms with Crippen LogP contribution in [0.1, 0.15) is 28.5 Å². The maximum atomic E-state index is 11.3. The van der Waals surface area contributed by atoms with Crippen LogP contribution in [0.3, 0.4) is 0 Å². The minimum absolute atomic E-state index is 0.0783. The van der Waals surface area contributed by atoms with Crippen molar-refractivity contribution in [2.45, 2.75) is 20.5 Å². The molecule has 0 atom stereocenters. The van der Waals surface area contributed by atoms with Crippen molar-refractivity contribution in [1.82, 2.24) is 4.98 Å². The first-order chi connectivity index (χ1) is 10.1. The maximum Gasteiger partial charge on any atom is 0.339 e. The lowest BCUT2D eigenvalue weighted by atomic mass is 10.2. The lowest BCUT2D eigenvalue weighted by Crippen LogP contribution is -2.07. The fraction of sp³-hybridized carbons (Fsp3) is 0.250. The minimum atomic E-state index is -1.05. The number of carboxylic acid groups (broad SMARTS) is 1. The van der Waals surface area contributed by atoms with Gasteiger partial charge in [-0.1, -0.05) is 12.1 Å². The average molecular weight is 287 g/mol. The van der Waals surface area contributed by atoms with Crippen molar-refractivity contribution in [3.05, 3.63) is 53.3 Å². The van der Waals surface area contributed by atoms with Gasteiger partial charge in [0.2, 0.25) is 0 Å². The Morgan fingerprint density at radius 2 is 2.05 bits per heavy atom. The third-order valence-corrected chi connectivity index (χ3v) is 2.98. The Kier molecular flexibility index (Phi) is 4.77. The molecule has 2 aromatic rings. The van der Waals surface area contributed by atoms with Crippen molar-refractivity contribution in [2.24, 2.45) is 0 Å². The molecule has 0 aliphatic carbocycles. The number of aromatic carboxylic acids is 1. The van der Waals surface area contributed by atoms with Crippen LogP contribution < -0.4 is 9.47 Å². The van der Waals surface area contributed by atoms with Gasteiger partial charge in [0.25, 0.3) is 0 Å². The monoisotopic (exact) mass is 287 g/mol. The molecule has 21 heavy (non-hydrogen) atoms. The van der Waals surface area contributed by atoms with E-state index >= 15 is 0 Å². The van der Waals surface area contributed by atoms with Crippen molar-refractivity contribution < 1.29 is 19.4 Å². The number of carboxylic acids is 1. The van der Waals surface area contributed by atoms with Gasteiger partial charge in [0.1, 0.15) is 12.2 Å². The molecule has 5 nitrogen and oxygen atoms in total. The first kappa shape index (κ1) is 14.8. The van der Waals surface area contributed by atoms with E-state index in [0.717, 1.165) is 11.3 Å². The van der Waals surface area contributed by atoms with Crippen molar-refractivity contribution in [3.8, 4) is 11.5 Å². The van der Waals surface area contributed by atoms with Gasteiger partial charge in [0.15, 0.2) is 11.5 Å². The molecule has 110 valence electrons. The second kappa shape index (κ2) is 6.74. The molecule has 0 fully saturated rings. The summed E-state index contributed by atoms with van der Waals surface area (Å²) >= 11 is 0. The van der Waals surface area contributed by atoms with E-state index in [1.54, 1.807) is 18.3 Å². The van der Waals surface area contributed by atoms with Crippen LogP contribution in [-0.4, -0.2) is 22.7 Å². The number of aryl methyl sites for hydroxylation is 1. The second-order valence-electron chi connectivity index (χ2n) is 4.43. The van der Waals surface area contributed by atoms with Gasteiger partial charge in [-0.25, -0.2) is 4.79 Å². The molecule has 1 N–H and O–H groups in total. The van der Waals surface area contributed by atoms with Crippen LogP contribution in [0.15, 0.2) is 36.5 Å². The number of carbonyl (C=O) groups is 1. The van der Waals surface area contributed by atoms with E-state index in [-0.39, 0.29) is 17.9 Å². The number of ether oxygens (including phenoxy) is 2. The molecule has 0 radical (unpaired) electrons. The number of pyridine rings is 1. The first-order valence-electron chi connectivity index (χ1n) is 6.66. The predicted octanol–water partition coefficient (Wildman–Crippen LogP) is 3.07. The molecular formula is C16H17NO4. The predicted molar refractivity (Wildman–Crippen MR) is 77.9 cm³/mol. The normalized spacial score (nSPS) is 10.2. The van der Waals surface area contributed by atoms with Crippen LogP contribution in [0.25, 0.3) is 0 Å². The van der Waals surface area contributed by atoms with E-state index in [4.69, 9.17) is 9.47 Å². The average Bonchev–Trinajstić information content (AvgIpc) is 2.47. The summed E-state index contributed by atoms with van der Waals surface area (Å²) in [6.45, 7) is 4.39. The molecule has 0 saturated heterocycles. The molecule has 0 amide bonds. The van der Waals surface area contributed by atoms with Gasteiger partial charge < -0.3 is 14.6 Å². The molecule has 0 spiro atoms. The molecule has 5 heteroatoms. The highest BCUT2D eigenvalue weighted by Gasteiger charge is 2.17. The summed E-state index contributed by atoms with van der Waals surface area (Å²) < 4.78 is 11.1. The number of nitrogens with zero attached hydrogens (tertiary/aromatic N) is 1. The maximum absolute atomic E-state index is 11.3. The van der Waals surface area contributed by atoms with E-state index in [0.29, 0.717) is 12.4 Å². The van der Waals surface area contributed by atoms with E-state index in [2.05, 4.69) is 4.98 Å². The summed E-state index contributed by atoms with van der Waals surface area (Å²) in [6, 6.07) is 8.59. The SMILES string of the molecule is CCOc1cccc(C(=O)O)c1OCc1ncccc1C. The van der Waals surface area contributed by atoms with Gasteiger partial charge in [-0.05, 0) is 37.6 Å². The van der Waals surface area contributed by atoms with Gasteiger partial charge in [0.05, 0.1) is 12.3 Å². The largest absolute Gasteiger partial charge is 0.490 e. The van der Waals surface area contributed by atoms with Crippen molar-refractivity contribution in [2.75, 3.05) is 6.61 Å². The molecule has 1 aromatic carbocycles.